The normalized spacial score (nSPS) is 10.5. The van der Waals surface area contributed by atoms with E-state index in [1.165, 1.54) is 0 Å². The van der Waals surface area contributed by atoms with E-state index in [9.17, 15) is 0 Å². The Hall–Kier alpha value is -1.00. The molecule has 0 aliphatic carbocycles. The number of rotatable bonds is 5. The second kappa shape index (κ2) is 6.96. The Balaban J connectivity index is 2.09. The first-order valence-electron chi connectivity index (χ1n) is 6.03. The summed E-state index contributed by atoms with van der Waals surface area (Å²) in [5.41, 5.74) is 0. The van der Waals surface area contributed by atoms with Gasteiger partial charge >= 0.3 is 0 Å². The third kappa shape index (κ3) is 3.98. The van der Waals surface area contributed by atoms with Crippen LogP contribution in [0.2, 0.25) is 0 Å². The molecular formula is C15H14Br2O2. The highest BCUT2D eigenvalue weighted by Crippen LogP contribution is 2.29. The highest BCUT2D eigenvalue weighted by atomic mass is 79.9. The Bertz CT molecular complexity index is 496. The Morgan fingerprint density at radius 2 is 1.26 bits per heavy atom. The molecule has 0 radical (unpaired) electrons. The first-order valence-corrected chi connectivity index (χ1v) is 7.61. The SMILES string of the molecule is CCC(Oc1ccccc1Br)Oc1ccccc1Br. The van der Waals surface area contributed by atoms with Gasteiger partial charge in [0.25, 0.3) is 0 Å². The lowest BCUT2D eigenvalue weighted by atomic mass is 10.3. The van der Waals surface area contributed by atoms with Crippen molar-refractivity contribution in [2.24, 2.45) is 0 Å². The molecule has 0 bridgehead atoms. The fourth-order valence-electron chi connectivity index (χ4n) is 1.55. The van der Waals surface area contributed by atoms with Crippen LogP contribution >= 0.6 is 31.9 Å². The second-order valence-electron chi connectivity index (χ2n) is 3.93. The number of para-hydroxylation sites is 2. The summed E-state index contributed by atoms with van der Waals surface area (Å²) < 4.78 is 13.6. The average Bonchev–Trinajstić information content (AvgIpc) is 2.42. The lowest BCUT2D eigenvalue weighted by molar-refractivity contribution is 0.00217. The lowest BCUT2D eigenvalue weighted by Gasteiger charge is -2.20. The van der Waals surface area contributed by atoms with Gasteiger partial charge in [0, 0.05) is 6.42 Å². The fraction of sp³-hybridized carbons (Fsp3) is 0.200. The maximum absolute atomic E-state index is 5.86. The quantitative estimate of drug-likeness (QED) is 0.641. The van der Waals surface area contributed by atoms with E-state index in [0.29, 0.717) is 0 Å². The maximum atomic E-state index is 5.86. The predicted molar refractivity (Wildman–Crippen MR) is 83.6 cm³/mol. The first-order chi connectivity index (χ1) is 9.20. The lowest BCUT2D eigenvalue weighted by Crippen LogP contribution is -2.23. The van der Waals surface area contributed by atoms with Crippen molar-refractivity contribution in [2.45, 2.75) is 19.6 Å². The molecule has 0 aliphatic heterocycles. The molecule has 4 heteroatoms. The van der Waals surface area contributed by atoms with Gasteiger partial charge in [-0.2, -0.15) is 0 Å². The van der Waals surface area contributed by atoms with E-state index in [-0.39, 0.29) is 6.29 Å². The van der Waals surface area contributed by atoms with Crippen LogP contribution in [-0.4, -0.2) is 6.29 Å². The molecule has 0 saturated heterocycles. The molecule has 2 nitrogen and oxygen atoms in total. The molecule has 2 rings (SSSR count). The molecule has 0 saturated carbocycles. The van der Waals surface area contributed by atoms with E-state index in [1.54, 1.807) is 0 Å². The summed E-state index contributed by atoms with van der Waals surface area (Å²) >= 11 is 6.93. The van der Waals surface area contributed by atoms with E-state index in [0.717, 1.165) is 26.9 Å². The van der Waals surface area contributed by atoms with Crippen molar-refractivity contribution in [3.63, 3.8) is 0 Å². The number of hydrogen-bond acceptors (Lipinski definition) is 2. The largest absolute Gasteiger partial charge is 0.454 e. The third-order valence-corrected chi connectivity index (χ3v) is 3.83. The Morgan fingerprint density at radius 1 is 0.842 bits per heavy atom. The molecule has 0 spiro atoms. The summed E-state index contributed by atoms with van der Waals surface area (Å²) in [4.78, 5) is 0. The summed E-state index contributed by atoms with van der Waals surface area (Å²) in [6, 6.07) is 15.5. The van der Waals surface area contributed by atoms with Crippen molar-refractivity contribution in [3.8, 4) is 11.5 Å². The molecule has 0 atom stereocenters. The van der Waals surface area contributed by atoms with E-state index < -0.39 is 0 Å². The van der Waals surface area contributed by atoms with Crippen molar-refractivity contribution in [1.29, 1.82) is 0 Å². The predicted octanol–water partition coefficient (Wildman–Crippen LogP) is 5.41. The summed E-state index contributed by atoms with van der Waals surface area (Å²) in [5, 5.41) is 0. The monoisotopic (exact) mass is 384 g/mol. The third-order valence-electron chi connectivity index (χ3n) is 2.52. The molecule has 0 N–H and O–H groups in total. The van der Waals surface area contributed by atoms with Crippen molar-refractivity contribution in [2.75, 3.05) is 0 Å². The summed E-state index contributed by atoms with van der Waals surface area (Å²) in [6.45, 7) is 2.03. The van der Waals surface area contributed by atoms with Crippen LogP contribution < -0.4 is 9.47 Å². The molecule has 0 unspecified atom stereocenters. The van der Waals surface area contributed by atoms with Gasteiger partial charge in [-0.15, -0.1) is 0 Å². The zero-order valence-corrected chi connectivity index (χ0v) is 13.6. The van der Waals surface area contributed by atoms with E-state index in [1.807, 2.05) is 55.5 Å². The minimum atomic E-state index is -0.322. The van der Waals surface area contributed by atoms with Gasteiger partial charge in [-0.1, -0.05) is 31.2 Å². The minimum absolute atomic E-state index is 0.322. The minimum Gasteiger partial charge on any atom is -0.454 e. The Labute approximate surface area is 130 Å². The van der Waals surface area contributed by atoms with Crippen molar-refractivity contribution in [3.05, 3.63) is 57.5 Å². The van der Waals surface area contributed by atoms with Crippen molar-refractivity contribution >= 4 is 31.9 Å². The average molecular weight is 386 g/mol. The van der Waals surface area contributed by atoms with Gasteiger partial charge in [-0.25, -0.2) is 0 Å². The van der Waals surface area contributed by atoms with Gasteiger partial charge in [0.05, 0.1) is 8.95 Å². The van der Waals surface area contributed by atoms with Crippen molar-refractivity contribution < 1.29 is 9.47 Å². The standard InChI is InChI=1S/C15H14Br2O2/c1-2-15(18-13-9-5-3-7-11(13)16)19-14-10-6-4-8-12(14)17/h3-10,15H,2H2,1H3. The van der Waals surface area contributed by atoms with Gasteiger partial charge in [-0.3, -0.25) is 0 Å². The summed E-state index contributed by atoms with van der Waals surface area (Å²) in [6.07, 6.45) is 0.431. The topological polar surface area (TPSA) is 18.5 Å². The van der Waals surface area contributed by atoms with Gasteiger partial charge in [-0.05, 0) is 56.1 Å². The summed E-state index contributed by atoms with van der Waals surface area (Å²) in [5.74, 6) is 1.56. The molecular weight excluding hydrogens is 372 g/mol. The molecule has 19 heavy (non-hydrogen) atoms. The molecule has 2 aromatic carbocycles. The Morgan fingerprint density at radius 3 is 1.63 bits per heavy atom. The molecule has 2 aromatic rings. The maximum Gasteiger partial charge on any atom is 0.241 e. The van der Waals surface area contributed by atoms with Crippen LogP contribution in [-0.2, 0) is 0 Å². The van der Waals surface area contributed by atoms with Crippen LogP contribution in [0, 0.1) is 0 Å². The molecule has 0 heterocycles. The van der Waals surface area contributed by atoms with Crippen molar-refractivity contribution in [1.82, 2.24) is 0 Å². The number of hydrogen-bond donors (Lipinski definition) is 0. The summed E-state index contributed by atoms with van der Waals surface area (Å²) in [7, 11) is 0. The smallest absolute Gasteiger partial charge is 0.241 e. The first kappa shape index (κ1) is 14.4. The second-order valence-corrected chi connectivity index (χ2v) is 5.64. The van der Waals surface area contributed by atoms with Crippen LogP contribution in [0.1, 0.15) is 13.3 Å². The van der Waals surface area contributed by atoms with E-state index in [4.69, 9.17) is 9.47 Å². The van der Waals surface area contributed by atoms with Crippen LogP contribution in [0.15, 0.2) is 57.5 Å². The zero-order chi connectivity index (χ0) is 13.7. The van der Waals surface area contributed by atoms with Crippen LogP contribution in [0.25, 0.3) is 0 Å². The Kier molecular flexibility index (Phi) is 5.28. The van der Waals surface area contributed by atoms with Gasteiger partial charge in [0.15, 0.2) is 0 Å². The highest BCUT2D eigenvalue weighted by molar-refractivity contribution is 9.10. The molecule has 0 amide bonds. The van der Waals surface area contributed by atoms with Crippen LogP contribution in [0.3, 0.4) is 0 Å². The molecule has 100 valence electrons. The van der Waals surface area contributed by atoms with E-state index in [2.05, 4.69) is 31.9 Å². The number of ether oxygens (including phenoxy) is 2. The zero-order valence-electron chi connectivity index (χ0n) is 10.5. The molecule has 0 aliphatic rings. The fourth-order valence-corrected chi connectivity index (χ4v) is 2.31. The van der Waals surface area contributed by atoms with Gasteiger partial charge < -0.3 is 9.47 Å². The molecule has 0 fully saturated rings. The van der Waals surface area contributed by atoms with Crippen LogP contribution in [0.4, 0.5) is 0 Å². The van der Waals surface area contributed by atoms with Gasteiger partial charge in [0.1, 0.15) is 11.5 Å². The molecule has 0 aromatic heterocycles. The number of benzene rings is 2. The van der Waals surface area contributed by atoms with Gasteiger partial charge in [0.2, 0.25) is 6.29 Å². The highest BCUT2D eigenvalue weighted by Gasteiger charge is 2.13. The number of halogens is 2. The van der Waals surface area contributed by atoms with E-state index >= 15 is 0 Å². The van der Waals surface area contributed by atoms with Crippen LogP contribution in [0.5, 0.6) is 11.5 Å².